The zero-order valence-electron chi connectivity index (χ0n) is 17.2. The van der Waals surface area contributed by atoms with Crippen LogP contribution in [-0.2, 0) is 17.8 Å². The van der Waals surface area contributed by atoms with Crippen molar-refractivity contribution in [3.63, 3.8) is 0 Å². The normalized spacial score (nSPS) is 12.3. The van der Waals surface area contributed by atoms with Gasteiger partial charge in [-0.05, 0) is 42.8 Å². The van der Waals surface area contributed by atoms with Crippen LogP contribution in [0.1, 0.15) is 11.3 Å². The van der Waals surface area contributed by atoms with Gasteiger partial charge in [-0.25, -0.2) is 8.72 Å². The van der Waals surface area contributed by atoms with E-state index >= 15 is 0 Å². The first-order valence-corrected chi connectivity index (χ1v) is 11.1. The number of hydrogen-bond acceptors (Lipinski definition) is 5. The fourth-order valence-corrected chi connectivity index (χ4v) is 3.96. The molecule has 1 unspecified atom stereocenters. The van der Waals surface area contributed by atoms with E-state index in [1.165, 1.54) is 0 Å². The number of aryl methyl sites for hydroxylation is 1. The summed E-state index contributed by atoms with van der Waals surface area (Å²) in [6.45, 7) is 2.61. The zero-order chi connectivity index (χ0) is 22.1. The second kappa shape index (κ2) is 8.42. The highest BCUT2D eigenvalue weighted by Crippen LogP contribution is 2.29. The number of benzene rings is 2. The topological polar surface area (TPSA) is 109 Å². The van der Waals surface area contributed by atoms with Gasteiger partial charge >= 0.3 is 0 Å². The Morgan fingerprint density at radius 2 is 1.84 bits per heavy atom. The molecule has 10 heteroatoms. The van der Waals surface area contributed by atoms with Crippen molar-refractivity contribution in [2.45, 2.75) is 13.5 Å². The Morgan fingerprint density at radius 3 is 2.66 bits per heavy atom. The lowest BCUT2D eigenvalue weighted by Crippen LogP contribution is -2.23. The second-order valence-corrected chi connectivity index (χ2v) is 7.98. The van der Waals surface area contributed by atoms with Crippen molar-refractivity contribution < 1.29 is 8.76 Å². The van der Waals surface area contributed by atoms with Crippen LogP contribution in [0.15, 0.2) is 72.9 Å². The summed E-state index contributed by atoms with van der Waals surface area (Å²) < 4.78 is 23.8. The maximum absolute atomic E-state index is 11.0. The van der Waals surface area contributed by atoms with E-state index in [0.29, 0.717) is 18.2 Å². The van der Waals surface area contributed by atoms with Gasteiger partial charge in [-0.2, -0.15) is 4.98 Å². The zero-order valence-corrected chi connectivity index (χ0v) is 18.0. The third-order valence-corrected chi connectivity index (χ3v) is 5.46. The molecule has 0 aliphatic carbocycles. The van der Waals surface area contributed by atoms with E-state index in [4.69, 9.17) is 14.6 Å². The number of nitrogens with one attached hydrogen (secondary N) is 3. The molecule has 162 valence electrons. The van der Waals surface area contributed by atoms with Crippen molar-refractivity contribution in [2.24, 2.45) is 0 Å². The highest BCUT2D eigenvalue weighted by atomic mass is 32.2. The molecule has 1 atom stereocenters. The number of hydrazine groups is 1. The summed E-state index contributed by atoms with van der Waals surface area (Å²) >= 11 is -2.18. The summed E-state index contributed by atoms with van der Waals surface area (Å²) in [6.07, 6.45) is 1.89. The van der Waals surface area contributed by atoms with Crippen molar-refractivity contribution in [1.29, 1.82) is 0 Å². The molecular weight excluding hydrogens is 426 g/mol. The van der Waals surface area contributed by atoms with Crippen molar-refractivity contribution in [3.05, 3.63) is 84.2 Å². The molecule has 0 saturated heterocycles. The molecule has 3 aromatic heterocycles. The van der Waals surface area contributed by atoms with E-state index in [1.807, 2.05) is 72.3 Å². The van der Waals surface area contributed by atoms with Gasteiger partial charge in [0, 0.05) is 23.8 Å². The number of fused-ring (bicyclic) bond motifs is 2. The van der Waals surface area contributed by atoms with Crippen LogP contribution < -0.4 is 15.6 Å². The molecular formula is C22H21N7O2S. The van der Waals surface area contributed by atoms with Gasteiger partial charge in [0.2, 0.25) is 11.3 Å². The third kappa shape index (κ3) is 3.82. The highest BCUT2D eigenvalue weighted by Gasteiger charge is 2.15. The fraction of sp³-hybridized carbons (Fsp3) is 0.0909. The van der Waals surface area contributed by atoms with Crippen LogP contribution in [0.2, 0.25) is 0 Å². The lowest BCUT2D eigenvalue weighted by Gasteiger charge is -2.12. The average molecular weight is 448 g/mol. The first kappa shape index (κ1) is 20.2. The maximum Gasteiger partial charge on any atom is 0.254 e. The molecule has 0 bridgehead atoms. The molecule has 0 aliphatic heterocycles. The third-order valence-electron chi connectivity index (χ3n) is 5.19. The predicted molar refractivity (Wildman–Crippen MR) is 126 cm³/mol. The van der Waals surface area contributed by atoms with Crippen molar-refractivity contribution in [1.82, 2.24) is 24.0 Å². The Morgan fingerprint density at radius 1 is 1.03 bits per heavy atom. The molecule has 9 nitrogen and oxygen atoms in total. The first-order valence-electron chi connectivity index (χ1n) is 9.97. The highest BCUT2D eigenvalue weighted by molar-refractivity contribution is 7.77. The van der Waals surface area contributed by atoms with Crippen LogP contribution in [-0.4, -0.2) is 27.9 Å². The van der Waals surface area contributed by atoms with E-state index in [9.17, 15) is 4.21 Å². The molecule has 5 aromatic rings. The Hall–Kier alpha value is -3.73. The minimum Gasteiger partial charge on any atom is -0.364 e. The van der Waals surface area contributed by atoms with E-state index in [1.54, 1.807) is 4.52 Å². The van der Waals surface area contributed by atoms with Crippen molar-refractivity contribution in [2.75, 3.05) is 10.7 Å². The summed E-state index contributed by atoms with van der Waals surface area (Å²) in [5.74, 6) is 1.25. The largest absolute Gasteiger partial charge is 0.364 e. The summed E-state index contributed by atoms with van der Waals surface area (Å²) in [5, 5.41) is 9.02. The van der Waals surface area contributed by atoms with Gasteiger partial charge in [0.1, 0.15) is 5.52 Å². The standard InChI is InChI=1S/C22H21N7O2S/c1-15-13-17-18(25-27-32(30)31)9-5-10-19(17)29(15)22-24-21(20-11-6-12-28(20)26-22)23-14-16-7-3-2-4-8-16/h2-13,25,27H,14H2,1H3,(H,30,31)(H,23,24,26). The molecule has 5 rings (SSSR count). The Kier molecular flexibility index (Phi) is 5.31. The summed E-state index contributed by atoms with van der Waals surface area (Å²) in [6, 6.07) is 21.7. The molecule has 4 N–H and O–H groups in total. The number of aromatic nitrogens is 4. The Bertz CT molecular complexity index is 1430. The van der Waals surface area contributed by atoms with Gasteiger partial charge in [0.15, 0.2) is 5.82 Å². The van der Waals surface area contributed by atoms with Crippen LogP contribution in [0.5, 0.6) is 0 Å². The van der Waals surface area contributed by atoms with Crippen LogP contribution in [0.3, 0.4) is 0 Å². The van der Waals surface area contributed by atoms with Crippen molar-refractivity contribution >= 4 is 39.2 Å². The number of nitrogens with zero attached hydrogens (tertiary/aromatic N) is 4. The Labute approximate surface area is 186 Å². The molecule has 2 aromatic carbocycles. The molecule has 0 aliphatic rings. The number of rotatable bonds is 7. The molecule has 3 heterocycles. The molecule has 0 radical (unpaired) electrons. The molecule has 32 heavy (non-hydrogen) atoms. The molecule has 0 spiro atoms. The lowest BCUT2D eigenvalue weighted by atomic mass is 10.2. The van der Waals surface area contributed by atoms with Crippen LogP contribution >= 0.6 is 0 Å². The smallest absolute Gasteiger partial charge is 0.254 e. The van der Waals surface area contributed by atoms with E-state index in [-0.39, 0.29) is 0 Å². The maximum atomic E-state index is 11.0. The van der Waals surface area contributed by atoms with Crippen LogP contribution in [0.4, 0.5) is 11.5 Å². The van der Waals surface area contributed by atoms with Crippen LogP contribution in [0.25, 0.3) is 22.4 Å². The van der Waals surface area contributed by atoms with Gasteiger partial charge in [0.05, 0.1) is 11.2 Å². The van der Waals surface area contributed by atoms with E-state index < -0.39 is 11.3 Å². The number of hydrogen-bond donors (Lipinski definition) is 4. The van der Waals surface area contributed by atoms with Gasteiger partial charge in [-0.15, -0.1) is 9.93 Å². The summed E-state index contributed by atoms with van der Waals surface area (Å²) in [5.41, 5.74) is 7.31. The minimum absolute atomic E-state index is 0.521. The van der Waals surface area contributed by atoms with Crippen LogP contribution in [0, 0.1) is 6.92 Å². The minimum atomic E-state index is -2.18. The lowest BCUT2D eigenvalue weighted by molar-refractivity contribution is 0.555. The molecule has 0 saturated carbocycles. The fourth-order valence-electron chi connectivity index (χ4n) is 3.77. The summed E-state index contributed by atoms with van der Waals surface area (Å²) in [4.78, 5) is 7.15. The number of anilines is 2. The molecule has 0 amide bonds. The van der Waals surface area contributed by atoms with Gasteiger partial charge < -0.3 is 10.7 Å². The predicted octanol–water partition coefficient (Wildman–Crippen LogP) is 3.65. The van der Waals surface area contributed by atoms with E-state index in [0.717, 1.165) is 33.5 Å². The molecule has 0 fully saturated rings. The summed E-state index contributed by atoms with van der Waals surface area (Å²) in [7, 11) is 0. The SMILES string of the molecule is Cc1cc2c(NNS(=O)O)cccc2n1-c1nc(NCc2ccccc2)c2cccn2n1. The van der Waals surface area contributed by atoms with Gasteiger partial charge in [-0.1, -0.05) is 36.4 Å². The monoisotopic (exact) mass is 447 g/mol. The second-order valence-electron chi connectivity index (χ2n) is 7.27. The van der Waals surface area contributed by atoms with E-state index in [2.05, 4.69) is 27.7 Å². The van der Waals surface area contributed by atoms with Gasteiger partial charge in [-0.3, -0.25) is 9.12 Å². The average Bonchev–Trinajstić information content (AvgIpc) is 3.40. The Balaban J connectivity index is 1.58. The van der Waals surface area contributed by atoms with Gasteiger partial charge in [0.25, 0.3) is 5.95 Å². The first-order chi connectivity index (χ1) is 15.6. The quantitative estimate of drug-likeness (QED) is 0.224. The van der Waals surface area contributed by atoms with Crippen molar-refractivity contribution in [3.8, 4) is 5.95 Å².